The minimum Gasteiger partial charge on any atom is -0.463 e. The van der Waals surface area contributed by atoms with E-state index in [1.165, 1.54) is 16.3 Å². The van der Waals surface area contributed by atoms with E-state index in [1.54, 1.807) is 28.8 Å². The summed E-state index contributed by atoms with van der Waals surface area (Å²) in [5, 5.41) is 7.10. The predicted octanol–water partition coefficient (Wildman–Crippen LogP) is 4.58. The number of para-hydroxylation sites is 2. The molecular weight excluding hydrogens is 841 g/mol. The molecule has 0 aliphatic rings. The molecule has 4 aromatic heterocycles. The summed E-state index contributed by atoms with van der Waals surface area (Å²) >= 11 is 1.22. The van der Waals surface area contributed by atoms with Crippen molar-refractivity contribution in [1.29, 1.82) is 0 Å². The maximum absolute atomic E-state index is 13.7. The van der Waals surface area contributed by atoms with E-state index in [1.807, 2.05) is 54.6 Å². The summed E-state index contributed by atoms with van der Waals surface area (Å²) in [7, 11) is 0. The molecular formula is C45H52N10O8S. The van der Waals surface area contributed by atoms with E-state index < -0.39 is 0 Å². The number of hydrogen-bond donors (Lipinski definition) is 5. The number of thioether (sulfide) groups is 1. The Balaban J connectivity index is 0.718. The zero-order chi connectivity index (χ0) is 44.7. The highest BCUT2D eigenvalue weighted by atomic mass is 32.2. The van der Waals surface area contributed by atoms with Gasteiger partial charge in [0.2, 0.25) is 5.91 Å². The highest BCUT2D eigenvalue weighted by molar-refractivity contribution is 7.99. The molecule has 0 saturated heterocycles. The molecule has 0 spiro atoms. The van der Waals surface area contributed by atoms with Gasteiger partial charge in [-0.3, -0.25) is 23.5 Å². The Morgan fingerprint density at radius 2 is 1.44 bits per heavy atom. The lowest BCUT2D eigenvalue weighted by Crippen LogP contribution is -2.28. The quantitative estimate of drug-likeness (QED) is 0.0301. The van der Waals surface area contributed by atoms with Crippen molar-refractivity contribution in [3.05, 3.63) is 111 Å². The van der Waals surface area contributed by atoms with E-state index in [-0.39, 0.29) is 47.2 Å². The summed E-state index contributed by atoms with van der Waals surface area (Å²) in [5.41, 5.74) is 9.95. The number of H-pyrrole nitrogens is 2. The van der Waals surface area contributed by atoms with Gasteiger partial charge in [0.1, 0.15) is 16.6 Å². The summed E-state index contributed by atoms with van der Waals surface area (Å²) in [5.74, 6) is -0.144. The first-order valence-electron chi connectivity index (χ1n) is 21.3. The maximum atomic E-state index is 13.7. The number of aromatic amines is 2. The number of hydrogen-bond acceptors (Lipinski definition) is 13. The number of carbonyl (C=O) groups excluding carboxylic acids is 2. The number of fused-ring (bicyclic) bond motifs is 4. The Kier molecular flexibility index (Phi) is 16.1. The summed E-state index contributed by atoms with van der Waals surface area (Å²) in [4.78, 5) is 71.1. The van der Waals surface area contributed by atoms with Crippen molar-refractivity contribution in [3.8, 4) is 11.7 Å². The topological polar surface area (TPSA) is 235 Å². The van der Waals surface area contributed by atoms with Gasteiger partial charge in [-0.25, -0.2) is 9.78 Å². The van der Waals surface area contributed by atoms with Crippen molar-refractivity contribution in [2.24, 2.45) is 0 Å². The number of ether oxygens (including phenoxy) is 4. The van der Waals surface area contributed by atoms with Crippen molar-refractivity contribution in [2.75, 3.05) is 70.8 Å². The van der Waals surface area contributed by atoms with Gasteiger partial charge in [0.05, 0.1) is 51.0 Å². The van der Waals surface area contributed by atoms with E-state index in [9.17, 15) is 19.2 Å². The van der Waals surface area contributed by atoms with Crippen LogP contribution >= 0.6 is 11.8 Å². The fourth-order valence-electron chi connectivity index (χ4n) is 6.74. The number of nitrogens with two attached hydrogens (primary N) is 1. The summed E-state index contributed by atoms with van der Waals surface area (Å²) in [6, 6.07) is 24.0. The van der Waals surface area contributed by atoms with Crippen molar-refractivity contribution in [1.82, 2.24) is 44.7 Å². The number of nitrogens with one attached hydrogen (secondary N) is 4. The third-order valence-electron chi connectivity index (χ3n) is 10.0. The van der Waals surface area contributed by atoms with Gasteiger partial charge in [-0.05, 0) is 55.2 Å². The molecule has 0 aliphatic heterocycles. The molecule has 7 aromatic rings. The number of anilines is 1. The third-order valence-corrected chi connectivity index (χ3v) is 11.0. The minimum absolute atomic E-state index is 0.0959. The molecule has 19 heteroatoms. The van der Waals surface area contributed by atoms with Gasteiger partial charge >= 0.3 is 11.7 Å². The molecule has 4 heterocycles. The van der Waals surface area contributed by atoms with Gasteiger partial charge in [-0.2, -0.15) is 9.97 Å². The van der Waals surface area contributed by atoms with Gasteiger partial charge in [0, 0.05) is 42.8 Å². The van der Waals surface area contributed by atoms with Crippen LogP contribution in [-0.2, 0) is 25.5 Å². The second-order valence-electron chi connectivity index (χ2n) is 14.7. The molecule has 336 valence electrons. The van der Waals surface area contributed by atoms with Crippen molar-refractivity contribution >= 4 is 62.5 Å². The van der Waals surface area contributed by atoms with Crippen LogP contribution in [0.2, 0.25) is 0 Å². The van der Waals surface area contributed by atoms with Gasteiger partial charge in [-0.15, -0.1) is 0 Å². The Bertz CT molecular complexity index is 2770. The monoisotopic (exact) mass is 892 g/mol. The Morgan fingerprint density at radius 3 is 2.17 bits per heavy atom. The van der Waals surface area contributed by atoms with E-state index in [4.69, 9.17) is 29.7 Å². The standard InChI is InChI=1S/C45H52N10O8S/c1-2-3-23-63-43-52-39(46)38-40(53-43)54(44(59)50-38)28-30-15-17-31(18-16-30)41(57)48-20-10-22-61-25-27-62-26-24-60-21-9-19-47-35(56)29-64-45-51-36-33-13-7-8-14-34(33)49-37(36)42(58)55(45)32-11-5-4-6-12-32/h4-8,11-18,49H,2-3,9-10,19-29H2,1H3,(H,47,56)(H,48,57)(H,50,59)(H2,46,52,53). The number of amides is 2. The van der Waals surface area contributed by atoms with E-state index >= 15 is 0 Å². The van der Waals surface area contributed by atoms with Crippen LogP contribution in [0, 0.1) is 0 Å². The van der Waals surface area contributed by atoms with Crippen LogP contribution in [0.25, 0.3) is 38.8 Å². The van der Waals surface area contributed by atoms with Gasteiger partial charge in [-0.1, -0.05) is 73.6 Å². The molecule has 18 nitrogen and oxygen atoms in total. The highest BCUT2D eigenvalue weighted by Crippen LogP contribution is 2.26. The van der Waals surface area contributed by atoms with Crippen molar-refractivity contribution in [2.45, 2.75) is 44.3 Å². The van der Waals surface area contributed by atoms with Gasteiger partial charge < -0.3 is 45.3 Å². The second kappa shape index (κ2) is 22.7. The predicted molar refractivity (Wildman–Crippen MR) is 245 cm³/mol. The second-order valence-corrected chi connectivity index (χ2v) is 15.7. The lowest BCUT2D eigenvalue weighted by Gasteiger charge is -2.12. The van der Waals surface area contributed by atoms with Crippen LogP contribution in [0.3, 0.4) is 0 Å². The number of nitrogen functional groups attached to an aromatic ring is 1. The first-order valence-corrected chi connectivity index (χ1v) is 22.3. The molecule has 0 unspecified atom stereocenters. The lowest BCUT2D eigenvalue weighted by atomic mass is 10.1. The largest absolute Gasteiger partial charge is 0.463 e. The summed E-state index contributed by atoms with van der Waals surface area (Å²) in [6.07, 6.45) is 3.06. The number of benzene rings is 3. The summed E-state index contributed by atoms with van der Waals surface area (Å²) in [6.45, 7) is 6.18. The lowest BCUT2D eigenvalue weighted by molar-refractivity contribution is -0.118. The van der Waals surface area contributed by atoms with Crippen LogP contribution in [0.15, 0.2) is 93.6 Å². The fraction of sp³-hybridized carbons (Fsp3) is 0.356. The van der Waals surface area contributed by atoms with Crippen LogP contribution in [-0.4, -0.2) is 111 Å². The average Bonchev–Trinajstić information content (AvgIpc) is 3.84. The molecule has 0 saturated carbocycles. The maximum Gasteiger partial charge on any atom is 0.328 e. The Hall–Kier alpha value is -6.54. The molecule has 7 rings (SSSR count). The molecule has 0 fully saturated rings. The Labute approximate surface area is 372 Å². The molecule has 64 heavy (non-hydrogen) atoms. The fourth-order valence-corrected chi connectivity index (χ4v) is 7.58. The average molecular weight is 893 g/mol. The van der Waals surface area contributed by atoms with Gasteiger partial charge in [0.15, 0.2) is 16.6 Å². The zero-order valence-corrected chi connectivity index (χ0v) is 36.4. The number of unbranched alkanes of at least 4 members (excludes halogenated alkanes) is 1. The summed E-state index contributed by atoms with van der Waals surface area (Å²) < 4.78 is 25.5. The van der Waals surface area contributed by atoms with E-state index in [0.29, 0.717) is 111 Å². The number of carbonyl (C=O) groups is 2. The van der Waals surface area contributed by atoms with Crippen LogP contribution in [0.1, 0.15) is 48.5 Å². The molecule has 6 N–H and O–H groups in total. The number of rotatable bonds is 25. The van der Waals surface area contributed by atoms with Crippen LogP contribution < -0.4 is 32.4 Å². The van der Waals surface area contributed by atoms with Crippen LogP contribution in [0.4, 0.5) is 5.82 Å². The number of imidazole rings is 1. The highest BCUT2D eigenvalue weighted by Gasteiger charge is 2.19. The molecule has 0 bridgehead atoms. The Morgan fingerprint density at radius 1 is 0.750 bits per heavy atom. The van der Waals surface area contributed by atoms with Gasteiger partial charge in [0.25, 0.3) is 11.5 Å². The SMILES string of the molecule is CCCCOc1nc(N)c2[nH]c(=O)n(Cc3ccc(C(=O)NCCCOCCOCCOCCCNC(=O)CSc4nc5c([nH]c6ccccc65)c(=O)n4-c4ccccc4)cc3)c2n1. The number of nitrogens with zero attached hydrogens (tertiary/aromatic N) is 5. The van der Waals surface area contributed by atoms with E-state index in [2.05, 4.69) is 37.5 Å². The molecule has 0 aliphatic carbocycles. The first-order chi connectivity index (χ1) is 31.3. The normalized spacial score (nSPS) is 11.5. The smallest absolute Gasteiger partial charge is 0.328 e. The van der Waals surface area contributed by atoms with Crippen molar-refractivity contribution in [3.63, 3.8) is 0 Å². The van der Waals surface area contributed by atoms with E-state index in [0.717, 1.165) is 29.3 Å². The minimum atomic E-state index is -0.374. The molecule has 2 amide bonds. The zero-order valence-electron chi connectivity index (χ0n) is 35.6. The third kappa shape index (κ3) is 11.7. The molecule has 0 atom stereocenters. The molecule has 0 radical (unpaired) electrons. The number of aromatic nitrogens is 7. The van der Waals surface area contributed by atoms with Crippen LogP contribution in [0.5, 0.6) is 6.01 Å². The molecule has 3 aromatic carbocycles. The first kappa shape index (κ1) is 45.5. The van der Waals surface area contributed by atoms with Crippen molar-refractivity contribution < 1.29 is 28.5 Å².